The summed E-state index contributed by atoms with van der Waals surface area (Å²) in [5.41, 5.74) is -1.08. The molecule has 0 aromatic carbocycles. The molecule has 128 valence electrons. The van der Waals surface area contributed by atoms with Gasteiger partial charge in [-0.2, -0.15) is 0 Å². The molecule has 23 heavy (non-hydrogen) atoms. The number of fused-ring (bicyclic) bond motifs is 2. The third kappa shape index (κ3) is 1.91. The number of carbonyl (C=O) groups excluding carboxylic acids is 1. The second-order valence-corrected chi connectivity index (χ2v) is 7.20. The van der Waals surface area contributed by atoms with Gasteiger partial charge in [0, 0.05) is 26.4 Å². The number of aliphatic hydroxyl groups is 1. The third-order valence-corrected chi connectivity index (χ3v) is 6.20. The van der Waals surface area contributed by atoms with Crippen molar-refractivity contribution in [3.8, 4) is 0 Å². The number of aliphatic hydroxyl groups excluding tert-OH is 1. The Morgan fingerprint density at radius 1 is 0.957 bits per heavy atom. The van der Waals surface area contributed by atoms with E-state index in [0.717, 1.165) is 44.1 Å². The SMILES string of the molecule is O=C1C=C(CCCO)[C@@]2(CCCO2)[C@@]2(CCCO2)[C@]12CCCO2. The highest BCUT2D eigenvalue weighted by Crippen LogP contribution is 2.60. The van der Waals surface area contributed by atoms with Crippen molar-refractivity contribution in [1.29, 1.82) is 0 Å². The van der Waals surface area contributed by atoms with Gasteiger partial charge >= 0.3 is 0 Å². The second-order valence-electron chi connectivity index (χ2n) is 7.20. The molecule has 5 nitrogen and oxygen atoms in total. The molecular formula is C18H26O5. The fourth-order valence-electron chi connectivity index (χ4n) is 5.36. The minimum absolute atomic E-state index is 0.0472. The number of hydrogen-bond acceptors (Lipinski definition) is 5. The fourth-order valence-corrected chi connectivity index (χ4v) is 5.36. The standard InChI is InChI=1S/C18H26O5/c19-9-1-5-14-13-15(20)17(7-3-11-22-17)18(8-4-12-23-18)16(14)6-2-10-21-16/h13,19H,1-12H2/t16-,17-,18-/m0/s1. The highest BCUT2D eigenvalue weighted by atomic mass is 16.6. The molecule has 3 aliphatic heterocycles. The van der Waals surface area contributed by atoms with E-state index in [9.17, 15) is 9.90 Å². The Balaban J connectivity index is 1.86. The highest BCUT2D eigenvalue weighted by Gasteiger charge is 2.73. The Labute approximate surface area is 137 Å². The van der Waals surface area contributed by atoms with Crippen molar-refractivity contribution in [1.82, 2.24) is 0 Å². The molecule has 0 amide bonds. The van der Waals surface area contributed by atoms with E-state index < -0.39 is 16.8 Å². The highest BCUT2D eigenvalue weighted by molar-refractivity contribution is 6.01. The van der Waals surface area contributed by atoms with E-state index >= 15 is 0 Å². The van der Waals surface area contributed by atoms with Crippen LogP contribution >= 0.6 is 0 Å². The van der Waals surface area contributed by atoms with Crippen molar-refractivity contribution in [2.45, 2.75) is 68.2 Å². The van der Waals surface area contributed by atoms with Gasteiger partial charge in [0.25, 0.3) is 0 Å². The Hall–Kier alpha value is -0.750. The molecule has 3 spiro atoms. The van der Waals surface area contributed by atoms with E-state index in [2.05, 4.69) is 0 Å². The lowest BCUT2D eigenvalue weighted by atomic mass is 9.58. The Kier molecular flexibility index (Phi) is 3.88. The van der Waals surface area contributed by atoms with E-state index in [1.807, 2.05) is 0 Å². The smallest absolute Gasteiger partial charge is 0.190 e. The maximum Gasteiger partial charge on any atom is 0.190 e. The molecule has 0 aromatic rings. The molecule has 0 unspecified atom stereocenters. The van der Waals surface area contributed by atoms with Gasteiger partial charge in [-0.3, -0.25) is 4.79 Å². The van der Waals surface area contributed by atoms with Gasteiger partial charge in [0.2, 0.25) is 0 Å². The molecule has 1 aliphatic carbocycles. The Morgan fingerprint density at radius 2 is 1.61 bits per heavy atom. The molecule has 0 saturated carbocycles. The van der Waals surface area contributed by atoms with Crippen molar-refractivity contribution >= 4 is 5.78 Å². The fraction of sp³-hybridized carbons (Fsp3) is 0.833. The zero-order chi connectivity index (χ0) is 16.0. The first-order valence-electron chi connectivity index (χ1n) is 8.99. The quantitative estimate of drug-likeness (QED) is 0.860. The lowest BCUT2D eigenvalue weighted by Crippen LogP contribution is -2.72. The monoisotopic (exact) mass is 322 g/mol. The first-order valence-corrected chi connectivity index (χ1v) is 8.99. The predicted octanol–water partition coefficient (Wildman–Crippen LogP) is 1.92. The van der Waals surface area contributed by atoms with Gasteiger partial charge in [0.1, 0.15) is 11.2 Å². The Morgan fingerprint density at radius 3 is 2.17 bits per heavy atom. The zero-order valence-electron chi connectivity index (χ0n) is 13.6. The van der Waals surface area contributed by atoms with Crippen LogP contribution in [0.5, 0.6) is 0 Å². The van der Waals surface area contributed by atoms with Gasteiger partial charge in [0.05, 0.1) is 0 Å². The molecule has 3 atom stereocenters. The molecule has 5 heteroatoms. The minimum atomic E-state index is -0.865. The van der Waals surface area contributed by atoms with Gasteiger partial charge in [-0.05, 0) is 63.0 Å². The van der Waals surface area contributed by atoms with E-state index in [-0.39, 0.29) is 12.4 Å². The summed E-state index contributed by atoms with van der Waals surface area (Å²) in [6, 6.07) is 0. The van der Waals surface area contributed by atoms with Crippen LogP contribution in [0.4, 0.5) is 0 Å². The van der Waals surface area contributed by atoms with Crippen molar-refractivity contribution in [3.63, 3.8) is 0 Å². The van der Waals surface area contributed by atoms with E-state index in [4.69, 9.17) is 14.2 Å². The molecule has 0 aromatic heterocycles. The van der Waals surface area contributed by atoms with Gasteiger partial charge in [-0.15, -0.1) is 0 Å². The summed E-state index contributed by atoms with van der Waals surface area (Å²) in [6.07, 6.45) is 8.32. The van der Waals surface area contributed by atoms with Gasteiger partial charge in [-0.25, -0.2) is 0 Å². The van der Waals surface area contributed by atoms with Crippen LogP contribution in [0.2, 0.25) is 0 Å². The molecule has 3 heterocycles. The van der Waals surface area contributed by atoms with E-state index in [1.165, 1.54) is 0 Å². The van der Waals surface area contributed by atoms with Gasteiger partial charge in [0.15, 0.2) is 11.4 Å². The first kappa shape index (κ1) is 15.8. The van der Waals surface area contributed by atoms with Crippen molar-refractivity contribution in [2.75, 3.05) is 26.4 Å². The molecule has 0 bridgehead atoms. The molecule has 0 radical (unpaired) electrons. The number of rotatable bonds is 3. The average Bonchev–Trinajstić information content (AvgIpc) is 3.30. The zero-order valence-corrected chi connectivity index (χ0v) is 13.6. The summed E-state index contributed by atoms with van der Waals surface area (Å²) in [5.74, 6) is 0.0472. The van der Waals surface area contributed by atoms with Crippen LogP contribution in [0, 0.1) is 0 Å². The Bertz CT molecular complexity index is 506. The van der Waals surface area contributed by atoms with Crippen LogP contribution in [0.25, 0.3) is 0 Å². The third-order valence-electron chi connectivity index (χ3n) is 6.20. The van der Waals surface area contributed by atoms with Crippen LogP contribution in [0.3, 0.4) is 0 Å². The second kappa shape index (κ2) is 5.66. The summed E-state index contributed by atoms with van der Waals surface area (Å²) in [7, 11) is 0. The molecule has 4 rings (SSSR count). The average molecular weight is 322 g/mol. The minimum Gasteiger partial charge on any atom is -0.396 e. The molecular weight excluding hydrogens is 296 g/mol. The lowest BCUT2D eigenvalue weighted by molar-refractivity contribution is -0.240. The van der Waals surface area contributed by atoms with E-state index in [1.54, 1.807) is 6.08 Å². The largest absolute Gasteiger partial charge is 0.396 e. The van der Waals surface area contributed by atoms with Crippen LogP contribution in [-0.4, -0.2) is 54.1 Å². The molecule has 3 fully saturated rings. The number of carbonyl (C=O) groups is 1. The molecule has 3 saturated heterocycles. The summed E-state index contributed by atoms with van der Waals surface area (Å²) in [5, 5.41) is 9.25. The first-order chi connectivity index (χ1) is 11.2. The molecule has 4 aliphatic rings. The van der Waals surface area contributed by atoms with Crippen LogP contribution < -0.4 is 0 Å². The van der Waals surface area contributed by atoms with E-state index in [0.29, 0.717) is 32.7 Å². The predicted molar refractivity (Wildman–Crippen MR) is 83.2 cm³/mol. The normalized spacial score (nSPS) is 43.2. The van der Waals surface area contributed by atoms with Crippen LogP contribution in [0.15, 0.2) is 11.6 Å². The van der Waals surface area contributed by atoms with Crippen LogP contribution in [0.1, 0.15) is 51.4 Å². The van der Waals surface area contributed by atoms with Crippen molar-refractivity contribution in [3.05, 3.63) is 11.6 Å². The van der Waals surface area contributed by atoms with Crippen molar-refractivity contribution < 1.29 is 24.1 Å². The molecule has 1 N–H and O–H groups in total. The van der Waals surface area contributed by atoms with Crippen molar-refractivity contribution in [2.24, 2.45) is 0 Å². The van der Waals surface area contributed by atoms with Crippen LogP contribution in [-0.2, 0) is 19.0 Å². The maximum absolute atomic E-state index is 13.1. The number of hydrogen-bond donors (Lipinski definition) is 1. The number of ether oxygens (including phenoxy) is 3. The maximum atomic E-state index is 13.1. The van der Waals surface area contributed by atoms with Gasteiger partial charge < -0.3 is 19.3 Å². The summed E-state index contributed by atoms with van der Waals surface area (Å²) < 4.78 is 18.8. The summed E-state index contributed by atoms with van der Waals surface area (Å²) in [6.45, 7) is 2.10. The summed E-state index contributed by atoms with van der Waals surface area (Å²) >= 11 is 0. The lowest BCUT2D eigenvalue weighted by Gasteiger charge is -2.56. The topological polar surface area (TPSA) is 65.0 Å². The van der Waals surface area contributed by atoms with Gasteiger partial charge in [-0.1, -0.05) is 0 Å². The summed E-state index contributed by atoms with van der Waals surface area (Å²) in [4.78, 5) is 13.1. The number of ketones is 1.